The number of likely N-dealkylation sites (tertiary alicyclic amines) is 1. The van der Waals surface area contributed by atoms with E-state index in [0.29, 0.717) is 11.5 Å². The molecule has 0 spiro atoms. The Morgan fingerprint density at radius 1 is 1.06 bits per heavy atom. The Bertz CT molecular complexity index is 990. The monoisotopic (exact) mass is 486 g/mol. The van der Waals surface area contributed by atoms with Crippen LogP contribution in [-0.4, -0.2) is 38.8 Å². The summed E-state index contributed by atoms with van der Waals surface area (Å²) < 4.78 is 24.0. The van der Waals surface area contributed by atoms with Crippen molar-refractivity contribution in [3.05, 3.63) is 65.0 Å². The van der Waals surface area contributed by atoms with Crippen LogP contribution in [0.1, 0.15) is 50.7 Å². The molecule has 0 amide bonds. The topological polar surface area (TPSA) is 45.5 Å². The summed E-state index contributed by atoms with van der Waals surface area (Å²) in [6, 6.07) is 15.2. The highest BCUT2D eigenvalue weighted by molar-refractivity contribution is 5.85. The Hall–Kier alpha value is -2.55. The van der Waals surface area contributed by atoms with Gasteiger partial charge in [0.2, 0.25) is 0 Å². The van der Waals surface area contributed by atoms with E-state index in [9.17, 15) is 9.65 Å². The van der Waals surface area contributed by atoms with E-state index in [0.717, 1.165) is 56.4 Å². The summed E-state index contributed by atoms with van der Waals surface area (Å²) in [6.07, 6.45) is 6.00. The molecule has 0 N–H and O–H groups in total. The number of piperidine rings is 1. The molecule has 1 atom stereocenters. The minimum Gasteiger partial charge on any atom is -0.493 e. The normalized spacial score (nSPS) is 15.7. The van der Waals surface area contributed by atoms with Crippen molar-refractivity contribution in [2.45, 2.75) is 44.9 Å². The van der Waals surface area contributed by atoms with Crippen LogP contribution in [0.15, 0.2) is 48.0 Å². The summed E-state index contributed by atoms with van der Waals surface area (Å²) >= 11 is 0. The Morgan fingerprint density at radius 2 is 1.71 bits per heavy atom. The van der Waals surface area contributed by atoms with Crippen LogP contribution in [0, 0.1) is 23.1 Å². The summed E-state index contributed by atoms with van der Waals surface area (Å²) in [5, 5.41) is 10.3. The number of methoxy groups -OCH3 is 2. The van der Waals surface area contributed by atoms with Crippen LogP contribution in [0.2, 0.25) is 0 Å². The second kappa shape index (κ2) is 12.8. The molecule has 1 fully saturated rings. The molecule has 0 aliphatic carbocycles. The number of ether oxygens (including phenoxy) is 2. The van der Waals surface area contributed by atoms with Gasteiger partial charge in [-0.25, -0.2) is 4.39 Å². The third-order valence-electron chi connectivity index (χ3n) is 6.87. The second-order valence-electron chi connectivity index (χ2n) is 9.11. The van der Waals surface area contributed by atoms with Gasteiger partial charge >= 0.3 is 0 Å². The van der Waals surface area contributed by atoms with Crippen LogP contribution < -0.4 is 9.47 Å². The van der Waals surface area contributed by atoms with Crippen molar-refractivity contribution in [3.8, 4) is 17.6 Å². The van der Waals surface area contributed by atoms with Gasteiger partial charge < -0.3 is 14.4 Å². The first-order valence-electron chi connectivity index (χ1n) is 11.7. The summed E-state index contributed by atoms with van der Waals surface area (Å²) in [7, 11) is 3.25. The van der Waals surface area contributed by atoms with Gasteiger partial charge in [0, 0.05) is 13.1 Å². The number of nitrogens with zero attached hydrogens (tertiary/aromatic N) is 2. The highest BCUT2D eigenvalue weighted by atomic mass is 35.5. The van der Waals surface area contributed by atoms with E-state index in [4.69, 9.17) is 9.47 Å². The molecule has 6 heteroatoms. The standard InChI is InChI=1S/C28H35FN2O2.ClH/c1-21(2)28(20-30,24-8-11-26(32-3)27(19-24)33-4)14-5-15-31-16-12-23(13-17-31)18-22-6-9-25(29)10-7-22;/h6-11,18-19,21H,5,12-17H2,1-4H3;1H. The number of rotatable bonds is 9. The SMILES string of the molecule is COc1ccc(C(C#N)(CCCN2CCC(=Cc3ccc(F)cc3)CC2)C(C)C)cc1OC.Cl. The zero-order valence-electron chi connectivity index (χ0n) is 20.6. The third kappa shape index (κ3) is 6.52. The molecule has 2 aromatic carbocycles. The van der Waals surface area contributed by atoms with E-state index in [1.54, 1.807) is 14.2 Å². The maximum absolute atomic E-state index is 13.1. The zero-order chi connectivity index (χ0) is 23.8. The predicted octanol–water partition coefficient (Wildman–Crippen LogP) is 6.64. The Labute approximate surface area is 209 Å². The molecule has 1 unspecified atom stereocenters. The number of hydrogen-bond acceptors (Lipinski definition) is 4. The van der Waals surface area contributed by atoms with Gasteiger partial charge in [-0.3, -0.25) is 0 Å². The third-order valence-corrected chi connectivity index (χ3v) is 6.87. The molecule has 184 valence electrons. The molecular weight excluding hydrogens is 451 g/mol. The first-order valence-corrected chi connectivity index (χ1v) is 11.7. The van der Waals surface area contributed by atoms with Crippen LogP contribution in [-0.2, 0) is 5.41 Å². The first kappa shape index (κ1) is 27.7. The van der Waals surface area contributed by atoms with Crippen molar-refractivity contribution in [2.75, 3.05) is 33.9 Å². The molecule has 3 rings (SSSR count). The van der Waals surface area contributed by atoms with Gasteiger partial charge in [-0.1, -0.05) is 43.7 Å². The van der Waals surface area contributed by atoms with E-state index in [-0.39, 0.29) is 24.1 Å². The summed E-state index contributed by atoms with van der Waals surface area (Å²) in [6.45, 7) is 7.25. The lowest BCUT2D eigenvalue weighted by Gasteiger charge is -2.34. The van der Waals surface area contributed by atoms with Gasteiger partial charge in [0.1, 0.15) is 5.82 Å². The molecule has 2 aromatic rings. The van der Waals surface area contributed by atoms with Crippen LogP contribution in [0.4, 0.5) is 4.39 Å². The fourth-order valence-electron chi connectivity index (χ4n) is 4.71. The van der Waals surface area contributed by atoms with E-state index in [2.05, 4.69) is 30.9 Å². The first-order chi connectivity index (χ1) is 15.9. The van der Waals surface area contributed by atoms with Gasteiger partial charge in [0.25, 0.3) is 0 Å². The van der Waals surface area contributed by atoms with E-state index < -0.39 is 5.41 Å². The molecule has 0 bridgehead atoms. The highest BCUT2D eigenvalue weighted by Gasteiger charge is 2.36. The lowest BCUT2D eigenvalue weighted by atomic mass is 9.69. The van der Waals surface area contributed by atoms with Crippen molar-refractivity contribution < 1.29 is 13.9 Å². The van der Waals surface area contributed by atoms with Crippen molar-refractivity contribution >= 4 is 18.5 Å². The second-order valence-corrected chi connectivity index (χ2v) is 9.11. The average Bonchev–Trinajstić information content (AvgIpc) is 2.84. The van der Waals surface area contributed by atoms with Crippen molar-refractivity contribution in [2.24, 2.45) is 5.92 Å². The average molecular weight is 487 g/mol. The molecule has 1 heterocycles. The van der Waals surface area contributed by atoms with Crippen LogP contribution >= 0.6 is 12.4 Å². The molecule has 0 radical (unpaired) electrons. The van der Waals surface area contributed by atoms with Gasteiger partial charge in [-0.15, -0.1) is 12.4 Å². The largest absolute Gasteiger partial charge is 0.493 e. The van der Waals surface area contributed by atoms with E-state index in [1.165, 1.54) is 17.7 Å². The number of benzene rings is 2. The fraction of sp³-hybridized carbons (Fsp3) is 0.464. The molecule has 0 saturated carbocycles. The van der Waals surface area contributed by atoms with Gasteiger partial charge in [-0.2, -0.15) is 5.26 Å². The molecular formula is C28H36ClFN2O2. The van der Waals surface area contributed by atoms with Crippen LogP contribution in [0.5, 0.6) is 11.5 Å². The summed E-state index contributed by atoms with van der Waals surface area (Å²) in [5.41, 5.74) is 2.89. The molecule has 1 saturated heterocycles. The minimum absolute atomic E-state index is 0. The van der Waals surface area contributed by atoms with Crippen molar-refractivity contribution in [3.63, 3.8) is 0 Å². The molecule has 0 aromatic heterocycles. The minimum atomic E-state index is -0.566. The van der Waals surface area contributed by atoms with Gasteiger partial charge in [-0.05, 0) is 73.5 Å². The lowest BCUT2D eigenvalue weighted by Crippen LogP contribution is -2.35. The van der Waals surface area contributed by atoms with Gasteiger partial charge in [0.15, 0.2) is 11.5 Å². The van der Waals surface area contributed by atoms with Crippen LogP contribution in [0.25, 0.3) is 6.08 Å². The lowest BCUT2D eigenvalue weighted by molar-refractivity contribution is 0.238. The smallest absolute Gasteiger partial charge is 0.161 e. The summed E-state index contributed by atoms with van der Waals surface area (Å²) in [4.78, 5) is 2.49. The van der Waals surface area contributed by atoms with Crippen LogP contribution in [0.3, 0.4) is 0 Å². The van der Waals surface area contributed by atoms with Crippen molar-refractivity contribution in [1.82, 2.24) is 4.90 Å². The molecule has 1 aliphatic heterocycles. The Kier molecular flexibility index (Phi) is 10.4. The predicted molar refractivity (Wildman–Crippen MR) is 138 cm³/mol. The van der Waals surface area contributed by atoms with E-state index in [1.807, 2.05) is 30.3 Å². The number of halogens is 2. The maximum Gasteiger partial charge on any atom is 0.161 e. The number of hydrogen-bond donors (Lipinski definition) is 0. The molecule has 4 nitrogen and oxygen atoms in total. The quantitative estimate of drug-likeness (QED) is 0.398. The number of nitriles is 1. The summed E-state index contributed by atoms with van der Waals surface area (Å²) in [5.74, 6) is 1.31. The highest BCUT2D eigenvalue weighted by Crippen LogP contribution is 2.40. The Balaban J connectivity index is 0.00000408. The maximum atomic E-state index is 13.1. The molecule has 1 aliphatic rings. The van der Waals surface area contributed by atoms with Gasteiger partial charge in [0.05, 0.1) is 25.7 Å². The zero-order valence-corrected chi connectivity index (χ0v) is 21.5. The van der Waals surface area contributed by atoms with Crippen molar-refractivity contribution in [1.29, 1.82) is 5.26 Å². The Morgan fingerprint density at radius 3 is 2.26 bits per heavy atom. The fourth-order valence-corrected chi connectivity index (χ4v) is 4.71. The van der Waals surface area contributed by atoms with E-state index >= 15 is 0 Å². The molecule has 34 heavy (non-hydrogen) atoms.